The summed E-state index contributed by atoms with van der Waals surface area (Å²) in [4.78, 5) is 20.5. The molecule has 6 heteroatoms. The first-order chi connectivity index (χ1) is 10.8. The van der Waals surface area contributed by atoms with Crippen LogP contribution in [0.25, 0.3) is 0 Å². The van der Waals surface area contributed by atoms with Crippen LogP contribution in [0.15, 0.2) is 46.7 Å². The quantitative estimate of drug-likeness (QED) is 0.808. The minimum absolute atomic E-state index is 0.0254. The first kappa shape index (κ1) is 13.8. The number of nitrogens with zero attached hydrogens (tertiary/aromatic N) is 1. The maximum atomic E-state index is 12.3. The van der Waals surface area contributed by atoms with E-state index in [0.29, 0.717) is 6.04 Å². The molecule has 1 aliphatic heterocycles. The number of aromatic nitrogens is 2. The molecule has 2 bridgehead atoms. The van der Waals surface area contributed by atoms with Gasteiger partial charge in [-0.1, -0.05) is 11.8 Å². The predicted molar refractivity (Wildman–Crippen MR) is 84.9 cm³/mol. The number of aromatic amines is 1. The van der Waals surface area contributed by atoms with Gasteiger partial charge in [-0.3, -0.25) is 4.79 Å². The van der Waals surface area contributed by atoms with Gasteiger partial charge >= 0.3 is 0 Å². The molecule has 1 aromatic carbocycles. The van der Waals surface area contributed by atoms with Crippen molar-refractivity contribution in [1.82, 2.24) is 20.6 Å². The number of H-pyrrole nitrogens is 1. The summed E-state index contributed by atoms with van der Waals surface area (Å²) in [6, 6.07) is 8.46. The highest BCUT2D eigenvalue weighted by Gasteiger charge is 2.39. The minimum Gasteiger partial charge on any atom is -0.348 e. The van der Waals surface area contributed by atoms with Crippen LogP contribution in [0.2, 0.25) is 0 Å². The Morgan fingerprint density at radius 3 is 2.77 bits per heavy atom. The molecule has 5 nitrogen and oxygen atoms in total. The van der Waals surface area contributed by atoms with E-state index in [9.17, 15) is 4.79 Å². The highest BCUT2D eigenvalue weighted by molar-refractivity contribution is 7.99. The first-order valence-corrected chi connectivity index (χ1v) is 8.40. The van der Waals surface area contributed by atoms with Crippen LogP contribution < -0.4 is 10.6 Å². The van der Waals surface area contributed by atoms with Gasteiger partial charge in [-0.25, -0.2) is 4.98 Å². The van der Waals surface area contributed by atoms with E-state index in [1.165, 1.54) is 6.42 Å². The summed E-state index contributed by atoms with van der Waals surface area (Å²) < 4.78 is 0. The highest BCUT2D eigenvalue weighted by Crippen LogP contribution is 2.31. The van der Waals surface area contributed by atoms with E-state index < -0.39 is 0 Å². The van der Waals surface area contributed by atoms with Crippen LogP contribution in [-0.2, 0) is 0 Å². The number of imidazole rings is 1. The molecule has 0 radical (unpaired) electrons. The molecule has 1 saturated heterocycles. The lowest BCUT2D eigenvalue weighted by atomic mass is 10.1. The Morgan fingerprint density at radius 2 is 2.14 bits per heavy atom. The Kier molecular flexibility index (Phi) is 3.63. The molecule has 2 aliphatic rings. The van der Waals surface area contributed by atoms with Gasteiger partial charge < -0.3 is 15.6 Å². The number of hydrogen-bond donors (Lipinski definition) is 3. The van der Waals surface area contributed by atoms with Gasteiger partial charge in [0.05, 0.1) is 17.6 Å². The third-order valence-electron chi connectivity index (χ3n) is 4.46. The Balaban J connectivity index is 1.38. The van der Waals surface area contributed by atoms with Crippen molar-refractivity contribution < 1.29 is 4.79 Å². The van der Waals surface area contributed by atoms with Crippen molar-refractivity contribution in [3.8, 4) is 0 Å². The van der Waals surface area contributed by atoms with Crippen molar-refractivity contribution in [3.63, 3.8) is 0 Å². The fourth-order valence-electron chi connectivity index (χ4n) is 3.36. The summed E-state index contributed by atoms with van der Waals surface area (Å²) in [5.41, 5.74) is 0.719. The van der Waals surface area contributed by atoms with E-state index in [4.69, 9.17) is 0 Å². The second-order valence-electron chi connectivity index (χ2n) is 5.97. The Bertz CT molecular complexity index is 655. The summed E-state index contributed by atoms with van der Waals surface area (Å²) in [6.07, 6.45) is 5.75. The lowest BCUT2D eigenvalue weighted by Crippen LogP contribution is -2.47. The van der Waals surface area contributed by atoms with Gasteiger partial charge in [0, 0.05) is 22.5 Å². The zero-order chi connectivity index (χ0) is 14.9. The predicted octanol–water partition coefficient (Wildman–Crippen LogP) is 2.04. The van der Waals surface area contributed by atoms with Gasteiger partial charge in [0.25, 0.3) is 5.91 Å². The van der Waals surface area contributed by atoms with Gasteiger partial charge in [0.2, 0.25) is 0 Å². The van der Waals surface area contributed by atoms with E-state index in [0.717, 1.165) is 34.4 Å². The number of benzene rings is 1. The largest absolute Gasteiger partial charge is 0.348 e. The Hall–Kier alpha value is -1.79. The Morgan fingerprint density at radius 1 is 1.27 bits per heavy atom. The van der Waals surface area contributed by atoms with E-state index in [2.05, 4.69) is 20.6 Å². The van der Waals surface area contributed by atoms with Crippen molar-refractivity contribution in [3.05, 3.63) is 42.4 Å². The van der Waals surface area contributed by atoms with Crippen molar-refractivity contribution >= 4 is 17.7 Å². The lowest BCUT2D eigenvalue weighted by Gasteiger charge is -2.24. The average molecular weight is 314 g/mol. The fraction of sp³-hybridized carbons (Fsp3) is 0.375. The summed E-state index contributed by atoms with van der Waals surface area (Å²) in [5.74, 6) is 0.765. The van der Waals surface area contributed by atoms with Crippen molar-refractivity contribution in [2.24, 2.45) is 5.92 Å². The molecule has 2 heterocycles. The van der Waals surface area contributed by atoms with Gasteiger partial charge in [-0.15, -0.1) is 0 Å². The molecular weight excluding hydrogens is 296 g/mol. The van der Waals surface area contributed by atoms with E-state index in [1.54, 1.807) is 24.3 Å². The maximum Gasteiger partial charge on any atom is 0.251 e. The van der Waals surface area contributed by atoms with Crippen molar-refractivity contribution in [2.45, 2.75) is 34.8 Å². The molecule has 1 amide bonds. The number of carbonyl (C=O) groups is 1. The Labute approximate surface area is 133 Å². The number of rotatable bonds is 4. The zero-order valence-electron chi connectivity index (χ0n) is 12.1. The molecule has 22 heavy (non-hydrogen) atoms. The number of hydrogen-bond acceptors (Lipinski definition) is 4. The summed E-state index contributed by atoms with van der Waals surface area (Å²) in [5, 5.41) is 7.63. The number of fused-ring (bicyclic) bond motifs is 2. The third kappa shape index (κ3) is 2.76. The van der Waals surface area contributed by atoms with E-state index in [-0.39, 0.29) is 11.9 Å². The second-order valence-corrected chi connectivity index (χ2v) is 7.09. The monoisotopic (exact) mass is 314 g/mol. The van der Waals surface area contributed by atoms with Gasteiger partial charge in [-0.2, -0.15) is 0 Å². The minimum atomic E-state index is 0.0254. The van der Waals surface area contributed by atoms with Gasteiger partial charge in [0.1, 0.15) is 0 Å². The topological polar surface area (TPSA) is 69.8 Å². The van der Waals surface area contributed by atoms with E-state index in [1.807, 2.05) is 24.3 Å². The zero-order valence-corrected chi connectivity index (χ0v) is 12.9. The van der Waals surface area contributed by atoms with Gasteiger partial charge in [0.15, 0.2) is 0 Å². The molecule has 2 aromatic rings. The number of carbonyl (C=O) groups excluding carboxylic acids is 1. The van der Waals surface area contributed by atoms with Crippen LogP contribution >= 0.6 is 11.8 Å². The molecular formula is C16H18N4OS. The summed E-state index contributed by atoms with van der Waals surface area (Å²) in [6.45, 7) is 1.11. The van der Waals surface area contributed by atoms with E-state index >= 15 is 0 Å². The molecule has 114 valence electrons. The van der Waals surface area contributed by atoms with Crippen LogP contribution in [0.4, 0.5) is 0 Å². The molecule has 4 rings (SSSR count). The molecule has 1 aromatic heterocycles. The van der Waals surface area contributed by atoms with Crippen LogP contribution in [0.3, 0.4) is 0 Å². The summed E-state index contributed by atoms with van der Waals surface area (Å²) >= 11 is 1.60. The average Bonchev–Trinajstić information content (AvgIpc) is 3.25. The normalized spacial score (nSPS) is 26.3. The third-order valence-corrected chi connectivity index (χ3v) is 5.41. The smallest absolute Gasteiger partial charge is 0.251 e. The maximum absolute atomic E-state index is 12.3. The fourth-order valence-corrected chi connectivity index (χ4v) is 4.12. The lowest BCUT2D eigenvalue weighted by molar-refractivity contribution is 0.0928. The standard InChI is InChI=1S/C16H18N4OS/c21-16(20-14-6-10-5-13(14)18-7-10)11-1-3-12(4-2-11)22-15-8-17-9-19-15/h1-4,8-10,13-14,18H,5-7H2,(H,17,19)(H,20,21). The van der Waals surface area contributed by atoms with Crippen molar-refractivity contribution in [1.29, 1.82) is 0 Å². The SMILES string of the molecule is O=C(NC1CC2CNC1C2)c1ccc(Sc2cnc[nH]2)cc1. The first-order valence-electron chi connectivity index (χ1n) is 7.58. The number of piperidine rings is 1. The molecule has 2 fully saturated rings. The highest BCUT2D eigenvalue weighted by atomic mass is 32.2. The summed E-state index contributed by atoms with van der Waals surface area (Å²) in [7, 11) is 0. The van der Waals surface area contributed by atoms with Crippen LogP contribution in [0, 0.1) is 5.92 Å². The second kappa shape index (κ2) is 5.78. The molecule has 3 atom stereocenters. The molecule has 1 aliphatic carbocycles. The number of amides is 1. The molecule has 3 unspecified atom stereocenters. The van der Waals surface area contributed by atoms with Crippen LogP contribution in [-0.4, -0.2) is 34.5 Å². The molecule has 0 spiro atoms. The molecule has 1 saturated carbocycles. The number of nitrogens with one attached hydrogen (secondary N) is 3. The molecule has 3 N–H and O–H groups in total. The van der Waals surface area contributed by atoms with Crippen molar-refractivity contribution in [2.75, 3.05) is 6.54 Å². The van der Waals surface area contributed by atoms with Gasteiger partial charge in [-0.05, 0) is 49.6 Å². The van der Waals surface area contributed by atoms with Crippen LogP contribution in [0.5, 0.6) is 0 Å². The van der Waals surface area contributed by atoms with Crippen LogP contribution in [0.1, 0.15) is 23.2 Å².